The van der Waals surface area contributed by atoms with Crippen molar-refractivity contribution in [3.8, 4) is 17.2 Å². The summed E-state index contributed by atoms with van der Waals surface area (Å²) in [6.45, 7) is 0. The lowest BCUT2D eigenvalue weighted by atomic mass is 10.00. The van der Waals surface area contributed by atoms with Gasteiger partial charge in [-0.25, -0.2) is 9.97 Å². The zero-order valence-electron chi connectivity index (χ0n) is 26.8. The second kappa shape index (κ2) is 9.43. The summed E-state index contributed by atoms with van der Waals surface area (Å²) in [7, 11) is 0. The summed E-state index contributed by atoms with van der Waals surface area (Å²) in [5, 5.41) is 13.4. The van der Waals surface area contributed by atoms with Crippen molar-refractivity contribution in [1.82, 2.24) is 18.9 Å². The summed E-state index contributed by atoms with van der Waals surface area (Å²) < 4.78 is 4.72. The molecule has 0 radical (unpaired) electrons. The van der Waals surface area contributed by atoms with Crippen LogP contribution >= 0.6 is 0 Å². The van der Waals surface area contributed by atoms with Gasteiger partial charge in [-0.3, -0.25) is 4.57 Å². The maximum Gasteiger partial charge on any atom is 0.235 e. The van der Waals surface area contributed by atoms with Gasteiger partial charge in [-0.1, -0.05) is 115 Å². The molecule has 4 heterocycles. The van der Waals surface area contributed by atoms with Crippen molar-refractivity contribution in [2.75, 3.05) is 0 Å². The molecular weight excluding hydrogens is 609 g/mol. The standard InChI is InChI=1S/C46H26N4/c1-2-11-28-24-30(21-20-27(28)10-1)44-34-14-3-6-17-38(34)47-46(48-44)50-40-19-8-5-13-32(40)37-25-29-22-23-41-43(36(29)26-42(37)50)35-16-9-15-33-31-12-4-7-18-39(31)49(41)45(33)35/h1-26H. The van der Waals surface area contributed by atoms with Gasteiger partial charge in [0.1, 0.15) is 0 Å². The molecule has 0 aliphatic rings. The van der Waals surface area contributed by atoms with Gasteiger partial charge < -0.3 is 4.40 Å². The van der Waals surface area contributed by atoms with Crippen LogP contribution in [0.5, 0.6) is 0 Å². The maximum absolute atomic E-state index is 5.41. The molecule has 0 saturated heterocycles. The van der Waals surface area contributed by atoms with Gasteiger partial charge in [-0.05, 0) is 64.0 Å². The number of aromatic nitrogens is 4. The fraction of sp³-hybridized carbons (Fsp3) is 0. The van der Waals surface area contributed by atoms with Crippen LogP contribution < -0.4 is 0 Å². The largest absolute Gasteiger partial charge is 0.308 e. The molecule has 0 aliphatic carbocycles. The Bertz CT molecular complexity index is 3380. The summed E-state index contributed by atoms with van der Waals surface area (Å²) in [6, 6.07) is 57.0. The summed E-state index contributed by atoms with van der Waals surface area (Å²) in [5.74, 6) is 0.671. The number of nitrogens with zero attached hydrogens (tertiary/aromatic N) is 4. The number of hydrogen-bond acceptors (Lipinski definition) is 2. The van der Waals surface area contributed by atoms with Crippen LogP contribution in [-0.4, -0.2) is 18.9 Å². The highest BCUT2D eigenvalue weighted by Gasteiger charge is 2.21. The molecule has 4 nitrogen and oxygen atoms in total. The lowest BCUT2D eigenvalue weighted by Gasteiger charge is -2.12. The first-order valence-electron chi connectivity index (χ1n) is 17.1. The fourth-order valence-corrected chi connectivity index (χ4v) is 8.65. The smallest absolute Gasteiger partial charge is 0.235 e. The highest BCUT2D eigenvalue weighted by atomic mass is 15.2. The average molecular weight is 635 g/mol. The Hall–Kier alpha value is -6.78. The first kappa shape index (κ1) is 26.2. The SMILES string of the molecule is c1ccc2cc(-c3nc(-n4c5ccccc5c5cc6ccc7c(c6cc54)c4cccc5c6ccccc6n7c54)nc4ccccc34)ccc2c1. The molecule has 8 aromatic carbocycles. The lowest BCUT2D eigenvalue weighted by Crippen LogP contribution is -2.03. The van der Waals surface area contributed by atoms with Crippen molar-refractivity contribution in [3.05, 3.63) is 158 Å². The summed E-state index contributed by atoms with van der Waals surface area (Å²) in [5.41, 5.74) is 8.88. The molecule has 50 heavy (non-hydrogen) atoms. The first-order valence-corrected chi connectivity index (χ1v) is 17.1. The molecule has 0 spiro atoms. The fourth-order valence-electron chi connectivity index (χ4n) is 8.65. The molecule has 0 bridgehead atoms. The van der Waals surface area contributed by atoms with Crippen molar-refractivity contribution in [2.24, 2.45) is 0 Å². The number of rotatable bonds is 2. The van der Waals surface area contributed by atoms with Crippen LogP contribution in [0.1, 0.15) is 0 Å². The number of para-hydroxylation sites is 4. The minimum atomic E-state index is 0.671. The van der Waals surface area contributed by atoms with Crippen molar-refractivity contribution in [3.63, 3.8) is 0 Å². The van der Waals surface area contributed by atoms with Gasteiger partial charge in [0, 0.05) is 43.3 Å². The van der Waals surface area contributed by atoms with E-state index in [1.165, 1.54) is 70.4 Å². The van der Waals surface area contributed by atoms with Gasteiger partial charge in [-0.2, -0.15) is 0 Å². The van der Waals surface area contributed by atoms with Crippen molar-refractivity contribution >= 4 is 92.3 Å². The molecule has 0 amide bonds. The van der Waals surface area contributed by atoms with Crippen LogP contribution in [0.25, 0.3) is 110 Å². The van der Waals surface area contributed by atoms with E-state index in [1.54, 1.807) is 0 Å². The second-order valence-electron chi connectivity index (χ2n) is 13.4. The third-order valence-electron chi connectivity index (χ3n) is 10.8. The zero-order chi connectivity index (χ0) is 32.5. The monoisotopic (exact) mass is 634 g/mol. The third-order valence-corrected chi connectivity index (χ3v) is 10.8. The van der Waals surface area contributed by atoms with Crippen LogP contribution in [0.2, 0.25) is 0 Å². The van der Waals surface area contributed by atoms with E-state index in [1.807, 2.05) is 0 Å². The number of fused-ring (bicyclic) bond motifs is 13. The normalized spacial score (nSPS) is 12.4. The minimum Gasteiger partial charge on any atom is -0.308 e. The molecule has 12 aromatic rings. The van der Waals surface area contributed by atoms with E-state index in [2.05, 4.69) is 167 Å². The van der Waals surface area contributed by atoms with E-state index in [-0.39, 0.29) is 0 Å². The third kappa shape index (κ3) is 3.34. The van der Waals surface area contributed by atoms with Gasteiger partial charge in [0.2, 0.25) is 5.95 Å². The summed E-state index contributed by atoms with van der Waals surface area (Å²) in [4.78, 5) is 10.7. The molecule has 0 unspecified atom stereocenters. The minimum absolute atomic E-state index is 0.671. The second-order valence-corrected chi connectivity index (χ2v) is 13.4. The molecule has 230 valence electrons. The van der Waals surface area contributed by atoms with E-state index < -0.39 is 0 Å². The molecule has 4 heteroatoms. The van der Waals surface area contributed by atoms with Gasteiger partial charge in [0.05, 0.1) is 38.8 Å². The quantitative estimate of drug-likeness (QED) is 0.190. The lowest BCUT2D eigenvalue weighted by molar-refractivity contribution is 1.01. The molecule has 0 saturated carbocycles. The summed E-state index contributed by atoms with van der Waals surface area (Å²) in [6.07, 6.45) is 0. The Kier molecular flexibility index (Phi) is 4.94. The molecular formula is C46H26N4. The molecule has 0 aliphatic heterocycles. The predicted octanol–water partition coefficient (Wildman–Crippen LogP) is 11.9. The molecule has 0 N–H and O–H groups in total. The molecule has 4 aromatic heterocycles. The van der Waals surface area contributed by atoms with E-state index in [0.717, 1.165) is 33.2 Å². The van der Waals surface area contributed by atoms with Gasteiger partial charge in [0.15, 0.2) is 0 Å². The molecule has 0 fully saturated rings. The van der Waals surface area contributed by atoms with Crippen molar-refractivity contribution < 1.29 is 0 Å². The van der Waals surface area contributed by atoms with Crippen molar-refractivity contribution in [2.45, 2.75) is 0 Å². The highest BCUT2D eigenvalue weighted by molar-refractivity contribution is 6.30. The van der Waals surface area contributed by atoms with Gasteiger partial charge in [0.25, 0.3) is 0 Å². The van der Waals surface area contributed by atoms with E-state index in [0.29, 0.717) is 5.95 Å². The van der Waals surface area contributed by atoms with Crippen LogP contribution in [0.4, 0.5) is 0 Å². The van der Waals surface area contributed by atoms with Crippen molar-refractivity contribution in [1.29, 1.82) is 0 Å². The Morgan fingerprint density at radius 2 is 1.08 bits per heavy atom. The Morgan fingerprint density at radius 3 is 1.98 bits per heavy atom. The zero-order valence-corrected chi connectivity index (χ0v) is 26.8. The van der Waals surface area contributed by atoms with Crippen LogP contribution in [0, 0.1) is 0 Å². The number of benzene rings is 8. The van der Waals surface area contributed by atoms with Crippen LogP contribution in [-0.2, 0) is 0 Å². The van der Waals surface area contributed by atoms with E-state index >= 15 is 0 Å². The molecule has 0 atom stereocenters. The van der Waals surface area contributed by atoms with Gasteiger partial charge >= 0.3 is 0 Å². The summed E-state index contributed by atoms with van der Waals surface area (Å²) >= 11 is 0. The topological polar surface area (TPSA) is 35.1 Å². The predicted molar refractivity (Wildman–Crippen MR) is 209 cm³/mol. The maximum atomic E-state index is 5.41. The number of hydrogen-bond donors (Lipinski definition) is 0. The van der Waals surface area contributed by atoms with Crippen LogP contribution in [0.15, 0.2) is 158 Å². The van der Waals surface area contributed by atoms with Crippen LogP contribution in [0.3, 0.4) is 0 Å². The van der Waals surface area contributed by atoms with Gasteiger partial charge in [-0.15, -0.1) is 0 Å². The highest BCUT2D eigenvalue weighted by Crippen LogP contribution is 2.43. The Labute approximate surface area is 285 Å². The first-order chi connectivity index (χ1) is 24.8. The molecule has 12 rings (SSSR count). The Morgan fingerprint density at radius 1 is 0.380 bits per heavy atom. The van der Waals surface area contributed by atoms with E-state index in [9.17, 15) is 0 Å². The average Bonchev–Trinajstić information content (AvgIpc) is 3.81. The Balaban J connectivity index is 1.21. The van der Waals surface area contributed by atoms with E-state index in [4.69, 9.17) is 9.97 Å².